The van der Waals surface area contributed by atoms with E-state index >= 15 is 0 Å². The van der Waals surface area contributed by atoms with Gasteiger partial charge in [-0.15, -0.1) is 13.2 Å². The van der Waals surface area contributed by atoms with Crippen LogP contribution in [0, 0.1) is 0 Å². The molecule has 2 heterocycles. The van der Waals surface area contributed by atoms with Crippen molar-refractivity contribution in [2.75, 3.05) is 20.6 Å². The first-order chi connectivity index (χ1) is 19.4. The quantitative estimate of drug-likeness (QED) is 0.425. The molecule has 1 amide bonds. The molecule has 4 aliphatic rings. The standard InChI is InChI=1S/C30H31F3N2O6/c1-17(36)40-29-12-11-21(35(3)24(38)10-7-18-5-4-6-20(15-18)41-30(31,32)33)27-28(29)13-14-34(2)23(29)16-19-8-9-22(37)26(39-27)25(19)28/h4-10,15,21,23,27,37H,11-14,16H2,1-3H3/t21-,23+,27-,28-,29+/m0/s1. The van der Waals surface area contributed by atoms with Gasteiger partial charge in [0, 0.05) is 25.6 Å². The molecule has 1 saturated heterocycles. The molecule has 1 saturated carbocycles. The molecule has 2 aromatic carbocycles. The van der Waals surface area contributed by atoms with E-state index in [0.717, 1.165) is 17.7 Å². The minimum absolute atomic E-state index is 0.00945. The van der Waals surface area contributed by atoms with Crippen molar-refractivity contribution in [2.24, 2.45) is 0 Å². The molecule has 2 aromatic rings. The van der Waals surface area contributed by atoms with Crippen LogP contribution in [-0.4, -0.2) is 77.6 Å². The molecule has 41 heavy (non-hydrogen) atoms. The topological polar surface area (TPSA) is 88.5 Å². The van der Waals surface area contributed by atoms with Crippen LogP contribution in [-0.2, 0) is 26.2 Å². The van der Waals surface area contributed by atoms with Crippen molar-refractivity contribution in [2.45, 2.75) is 68.2 Å². The highest BCUT2D eigenvalue weighted by atomic mass is 19.4. The molecule has 2 aliphatic heterocycles. The van der Waals surface area contributed by atoms with Gasteiger partial charge in [-0.2, -0.15) is 0 Å². The van der Waals surface area contributed by atoms with Gasteiger partial charge in [-0.05, 0) is 74.7 Å². The third-order valence-corrected chi connectivity index (χ3v) is 9.34. The molecule has 218 valence electrons. The maximum Gasteiger partial charge on any atom is 0.573 e. The van der Waals surface area contributed by atoms with Gasteiger partial charge in [-0.3, -0.25) is 14.5 Å². The predicted octanol–water partition coefficient (Wildman–Crippen LogP) is 4.19. The van der Waals surface area contributed by atoms with Crippen molar-refractivity contribution in [3.8, 4) is 17.2 Å². The molecule has 6 rings (SSSR count). The first kappa shape index (κ1) is 27.4. The van der Waals surface area contributed by atoms with E-state index in [9.17, 15) is 27.9 Å². The average Bonchev–Trinajstić information content (AvgIpc) is 3.25. The van der Waals surface area contributed by atoms with E-state index < -0.39 is 29.5 Å². The molecule has 8 nitrogen and oxygen atoms in total. The largest absolute Gasteiger partial charge is 0.573 e. The zero-order valence-electron chi connectivity index (χ0n) is 22.9. The third kappa shape index (κ3) is 4.15. The Morgan fingerprint density at radius 2 is 2.00 bits per heavy atom. The van der Waals surface area contributed by atoms with Crippen LogP contribution in [0.3, 0.4) is 0 Å². The maximum absolute atomic E-state index is 13.4. The number of esters is 1. The van der Waals surface area contributed by atoms with Crippen LogP contribution in [0.15, 0.2) is 42.5 Å². The second-order valence-corrected chi connectivity index (χ2v) is 11.4. The van der Waals surface area contributed by atoms with E-state index in [0.29, 0.717) is 37.0 Å². The van der Waals surface area contributed by atoms with E-state index in [2.05, 4.69) is 9.64 Å². The van der Waals surface area contributed by atoms with Crippen molar-refractivity contribution in [1.29, 1.82) is 0 Å². The second kappa shape index (κ2) is 9.40. The molecular weight excluding hydrogens is 541 g/mol. The number of amides is 1. The van der Waals surface area contributed by atoms with E-state index in [4.69, 9.17) is 9.47 Å². The fourth-order valence-electron chi connectivity index (χ4n) is 7.82. The number of halogens is 3. The number of ether oxygens (including phenoxy) is 3. The van der Waals surface area contributed by atoms with Crippen LogP contribution in [0.1, 0.15) is 42.9 Å². The van der Waals surface area contributed by atoms with E-state index in [1.807, 2.05) is 13.1 Å². The van der Waals surface area contributed by atoms with Crippen LogP contribution in [0.4, 0.5) is 13.2 Å². The number of nitrogens with zero attached hydrogens (tertiary/aromatic N) is 2. The highest BCUT2D eigenvalue weighted by Gasteiger charge is 2.75. The fourth-order valence-corrected chi connectivity index (χ4v) is 7.82. The summed E-state index contributed by atoms with van der Waals surface area (Å²) in [5.74, 6) is -0.733. The summed E-state index contributed by atoms with van der Waals surface area (Å²) in [6.07, 6.45) is -0.420. The first-order valence-corrected chi connectivity index (χ1v) is 13.6. The minimum atomic E-state index is -4.82. The summed E-state index contributed by atoms with van der Waals surface area (Å²) in [4.78, 5) is 29.8. The van der Waals surface area contributed by atoms with Crippen molar-refractivity contribution >= 4 is 18.0 Å². The van der Waals surface area contributed by atoms with Gasteiger partial charge in [0.2, 0.25) is 5.91 Å². The molecule has 2 aliphatic carbocycles. The Bertz CT molecular complexity index is 1440. The lowest BCUT2D eigenvalue weighted by Gasteiger charge is -2.65. The summed E-state index contributed by atoms with van der Waals surface area (Å²) in [6.45, 7) is 2.13. The molecule has 2 fully saturated rings. The van der Waals surface area contributed by atoms with Crippen LogP contribution < -0.4 is 9.47 Å². The summed E-state index contributed by atoms with van der Waals surface area (Å²) >= 11 is 0. The smallest absolute Gasteiger partial charge is 0.504 e. The summed E-state index contributed by atoms with van der Waals surface area (Å²) < 4.78 is 54.7. The number of alkyl halides is 3. The van der Waals surface area contributed by atoms with Crippen LogP contribution in [0.2, 0.25) is 0 Å². The summed E-state index contributed by atoms with van der Waals surface area (Å²) in [5, 5.41) is 10.8. The average molecular weight is 573 g/mol. The van der Waals surface area contributed by atoms with Gasteiger partial charge in [-0.25, -0.2) is 0 Å². The van der Waals surface area contributed by atoms with Gasteiger partial charge in [0.25, 0.3) is 0 Å². The molecule has 0 aromatic heterocycles. The number of phenolic OH excluding ortho intramolecular Hbond substituents is 1. The lowest BCUT2D eigenvalue weighted by molar-refractivity contribution is -0.274. The zero-order valence-corrected chi connectivity index (χ0v) is 22.9. The number of carbonyl (C=O) groups is 2. The Kier molecular flexibility index (Phi) is 6.29. The van der Waals surface area contributed by atoms with Gasteiger partial charge >= 0.3 is 12.3 Å². The summed E-state index contributed by atoms with van der Waals surface area (Å²) in [7, 11) is 3.69. The second-order valence-electron chi connectivity index (χ2n) is 11.4. The SMILES string of the molecule is CC(=O)O[C@@]12CC[C@H](N(C)C(=O)C=Cc3cccc(OC(F)(F)F)c3)[C@@H]3Oc4c(O)ccc5c4[C@@]31CCN(C)[C@@H]2C5. The van der Waals surface area contributed by atoms with Crippen molar-refractivity contribution in [1.82, 2.24) is 9.80 Å². The van der Waals surface area contributed by atoms with Gasteiger partial charge in [0.1, 0.15) is 17.5 Å². The molecular formula is C30H31F3N2O6. The van der Waals surface area contributed by atoms with Gasteiger partial charge in [0.15, 0.2) is 11.5 Å². The Labute approximate surface area is 235 Å². The highest BCUT2D eigenvalue weighted by molar-refractivity contribution is 5.92. The van der Waals surface area contributed by atoms with Crippen LogP contribution in [0.5, 0.6) is 17.2 Å². The Morgan fingerprint density at radius 1 is 1.22 bits per heavy atom. The summed E-state index contributed by atoms with van der Waals surface area (Å²) in [6, 6.07) is 8.39. The highest BCUT2D eigenvalue weighted by Crippen LogP contribution is 2.66. The Balaban J connectivity index is 1.35. The third-order valence-electron chi connectivity index (χ3n) is 9.34. The first-order valence-electron chi connectivity index (χ1n) is 13.6. The number of hydrogen-bond donors (Lipinski definition) is 1. The van der Waals surface area contributed by atoms with Crippen molar-refractivity contribution in [3.05, 3.63) is 59.2 Å². The van der Waals surface area contributed by atoms with Crippen LogP contribution in [0.25, 0.3) is 6.08 Å². The normalized spacial score (nSPS) is 30.0. The molecule has 0 radical (unpaired) electrons. The minimum Gasteiger partial charge on any atom is -0.504 e. The number of aromatic hydroxyl groups is 1. The Hall–Kier alpha value is -3.73. The molecule has 1 spiro atoms. The van der Waals surface area contributed by atoms with Gasteiger partial charge < -0.3 is 24.2 Å². The number of likely N-dealkylation sites (tertiary alicyclic amines) is 1. The van der Waals surface area contributed by atoms with E-state index in [1.54, 1.807) is 24.1 Å². The number of rotatable bonds is 5. The monoisotopic (exact) mass is 572 g/mol. The number of piperidine rings is 1. The fraction of sp³-hybridized carbons (Fsp3) is 0.467. The molecule has 1 N–H and O–H groups in total. The van der Waals surface area contributed by atoms with Gasteiger partial charge in [0.05, 0.1) is 17.5 Å². The number of benzene rings is 2. The predicted molar refractivity (Wildman–Crippen MR) is 141 cm³/mol. The number of hydrogen-bond acceptors (Lipinski definition) is 7. The maximum atomic E-state index is 13.4. The van der Waals surface area contributed by atoms with E-state index in [1.165, 1.54) is 37.3 Å². The molecule has 11 heteroatoms. The molecule has 5 atom stereocenters. The Morgan fingerprint density at radius 3 is 2.73 bits per heavy atom. The summed E-state index contributed by atoms with van der Waals surface area (Å²) in [5.41, 5.74) is 0.625. The number of carbonyl (C=O) groups excluding carboxylic acids is 2. The van der Waals surface area contributed by atoms with Gasteiger partial charge in [-0.1, -0.05) is 18.2 Å². The lowest BCUT2D eigenvalue weighted by Crippen LogP contribution is -2.78. The zero-order chi connectivity index (χ0) is 29.3. The number of phenols is 1. The van der Waals surface area contributed by atoms with Crippen molar-refractivity contribution < 1.29 is 42.1 Å². The van der Waals surface area contributed by atoms with Crippen molar-refractivity contribution in [3.63, 3.8) is 0 Å². The number of likely N-dealkylation sites (N-methyl/N-ethyl adjacent to an activating group) is 2. The molecule has 2 bridgehead atoms. The molecule has 0 unspecified atom stereocenters. The van der Waals surface area contributed by atoms with E-state index in [-0.39, 0.29) is 29.4 Å². The lowest BCUT2D eigenvalue weighted by atomic mass is 9.48. The van der Waals surface area contributed by atoms with Crippen LogP contribution >= 0.6 is 0 Å².